The van der Waals surface area contributed by atoms with Crippen molar-refractivity contribution in [3.05, 3.63) is 60.2 Å². The van der Waals surface area contributed by atoms with Crippen LogP contribution in [-0.4, -0.2) is 46.7 Å². The van der Waals surface area contributed by atoms with Gasteiger partial charge in [-0.25, -0.2) is 14.0 Å². The fourth-order valence-electron chi connectivity index (χ4n) is 3.33. The van der Waals surface area contributed by atoms with Gasteiger partial charge in [-0.15, -0.1) is 0 Å². The molecule has 1 fully saturated rings. The first-order valence-corrected chi connectivity index (χ1v) is 9.07. The number of hydrogen-bond acceptors (Lipinski definition) is 3. The summed E-state index contributed by atoms with van der Waals surface area (Å²) in [4.78, 5) is 37.3. The molecule has 2 aromatic carbocycles. The van der Waals surface area contributed by atoms with Crippen molar-refractivity contribution in [3.8, 4) is 0 Å². The molecule has 2 aromatic rings. The van der Waals surface area contributed by atoms with Gasteiger partial charge in [-0.1, -0.05) is 32.0 Å². The number of hydrogen-bond donors (Lipinski definition) is 3. The highest BCUT2D eigenvalue weighted by Gasteiger charge is 2.59. The monoisotopic (exact) mass is 399 g/mol. The largest absolute Gasteiger partial charge is 0.479 e. The van der Waals surface area contributed by atoms with Crippen LogP contribution in [0.25, 0.3) is 0 Å². The van der Waals surface area contributed by atoms with Gasteiger partial charge in [0, 0.05) is 28.9 Å². The standard InChI is InChI=1S/C21H22FN3O4/c1-20(2)12-25(13-21(20,22)18(27)28)17(26)14-8-10-16(11-9-14)24-19(29)23-15-6-4-3-5-7-15/h3-11H,12-13H2,1-2H3,(H,27,28)(H2,23,24,29)/t21-/m1/s1. The number of likely N-dealkylation sites (tertiary alicyclic amines) is 1. The molecule has 1 saturated heterocycles. The Morgan fingerprint density at radius 3 is 2.00 bits per heavy atom. The lowest BCUT2D eigenvalue weighted by Crippen LogP contribution is -2.47. The second-order valence-corrected chi connectivity index (χ2v) is 7.67. The van der Waals surface area contributed by atoms with E-state index in [-0.39, 0.29) is 12.1 Å². The average Bonchev–Trinajstić information content (AvgIpc) is 2.93. The van der Waals surface area contributed by atoms with Gasteiger partial charge in [-0.2, -0.15) is 0 Å². The minimum absolute atomic E-state index is 0.00584. The Balaban J connectivity index is 1.65. The number of carbonyl (C=O) groups excluding carboxylic acids is 2. The van der Waals surface area contributed by atoms with E-state index >= 15 is 0 Å². The van der Waals surface area contributed by atoms with Gasteiger partial charge in [-0.05, 0) is 36.4 Å². The Labute approximate surface area is 167 Å². The normalized spacial score (nSPS) is 20.2. The molecule has 7 nitrogen and oxygen atoms in total. The number of para-hydroxylation sites is 1. The van der Waals surface area contributed by atoms with Gasteiger partial charge in [0.1, 0.15) is 0 Å². The minimum atomic E-state index is -2.50. The molecular weight excluding hydrogens is 377 g/mol. The lowest BCUT2D eigenvalue weighted by atomic mass is 9.79. The summed E-state index contributed by atoms with van der Waals surface area (Å²) in [5, 5.41) is 14.6. The van der Waals surface area contributed by atoms with E-state index < -0.39 is 35.5 Å². The van der Waals surface area contributed by atoms with Gasteiger partial charge in [0.05, 0.1) is 6.54 Å². The predicted molar refractivity (Wildman–Crippen MR) is 107 cm³/mol. The Morgan fingerprint density at radius 2 is 1.48 bits per heavy atom. The van der Waals surface area contributed by atoms with E-state index in [1.807, 2.05) is 6.07 Å². The summed E-state index contributed by atoms with van der Waals surface area (Å²) in [6.07, 6.45) is 0. The van der Waals surface area contributed by atoms with Crippen LogP contribution in [0, 0.1) is 5.41 Å². The third-order valence-electron chi connectivity index (χ3n) is 5.12. The maximum atomic E-state index is 14.9. The third-order valence-corrected chi connectivity index (χ3v) is 5.12. The Hall–Kier alpha value is -3.42. The van der Waals surface area contributed by atoms with Crippen LogP contribution in [0.5, 0.6) is 0 Å². The van der Waals surface area contributed by atoms with Gasteiger partial charge < -0.3 is 20.6 Å². The molecule has 1 aliphatic rings. The van der Waals surface area contributed by atoms with E-state index in [0.717, 1.165) is 0 Å². The van der Waals surface area contributed by atoms with E-state index in [9.17, 15) is 23.9 Å². The summed E-state index contributed by atoms with van der Waals surface area (Å²) in [7, 11) is 0. The number of rotatable bonds is 4. The van der Waals surface area contributed by atoms with Crippen molar-refractivity contribution in [1.82, 2.24) is 4.90 Å². The van der Waals surface area contributed by atoms with E-state index in [1.54, 1.807) is 36.4 Å². The van der Waals surface area contributed by atoms with E-state index in [4.69, 9.17) is 0 Å². The molecule has 8 heteroatoms. The lowest BCUT2D eigenvalue weighted by Gasteiger charge is -2.27. The van der Waals surface area contributed by atoms with E-state index in [2.05, 4.69) is 10.6 Å². The highest BCUT2D eigenvalue weighted by Crippen LogP contribution is 2.42. The van der Waals surface area contributed by atoms with E-state index in [1.165, 1.54) is 30.9 Å². The molecule has 29 heavy (non-hydrogen) atoms. The molecule has 3 rings (SSSR count). The van der Waals surface area contributed by atoms with Gasteiger partial charge >= 0.3 is 12.0 Å². The van der Waals surface area contributed by atoms with Crippen molar-refractivity contribution in [2.24, 2.45) is 5.41 Å². The first-order chi connectivity index (χ1) is 13.6. The molecule has 3 N–H and O–H groups in total. The summed E-state index contributed by atoms with van der Waals surface area (Å²) in [5.41, 5.74) is -2.31. The summed E-state index contributed by atoms with van der Waals surface area (Å²) < 4.78 is 14.9. The lowest BCUT2D eigenvalue weighted by molar-refractivity contribution is -0.155. The molecule has 0 saturated carbocycles. The van der Waals surface area contributed by atoms with Crippen LogP contribution in [0.3, 0.4) is 0 Å². The second kappa shape index (κ2) is 7.54. The first-order valence-electron chi connectivity index (χ1n) is 9.07. The van der Waals surface area contributed by atoms with Crippen LogP contribution in [0.2, 0.25) is 0 Å². The zero-order chi connectivity index (χ0) is 21.2. The molecule has 0 aliphatic carbocycles. The Kier molecular flexibility index (Phi) is 5.28. The first kappa shape index (κ1) is 20.3. The Bertz CT molecular complexity index is 931. The van der Waals surface area contributed by atoms with Crippen LogP contribution in [0.4, 0.5) is 20.6 Å². The summed E-state index contributed by atoms with van der Waals surface area (Å²) in [6.45, 7) is 2.47. The summed E-state index contributed by atoms with van der Waals surface area (Å²) >= 11 is 0. The number of halogens is 1. The fourth-order valence-corrected chi connectivity index (χ4v) is 3.33. The number of carboxylic acid groups (broad SMARTS) is 1. The molecular formula is C21H22FN3O4. The number of aliphatic carboxylic acids is 1. The van der Waals surface area contributed by atoms with Crippen molar-refractivity contribution in [2.45, 2.75) is 19.5 Å². The number of carboxylic acids is 1. The van der Waals surface area contributed by atoms with Crippen LogP contribution >= 0.6 is 0 Å². The minimum Gasteiger partial charge on any atom is -0.479 e. The number of alkyl halides is 1. The van der Waals surface area contributed by atoms with Crippen molar-refractivity contribution < 1.29 is 23.9 Å². The smallest absolute Gasteiger partial charge is 0.343 e. The molecule has 3 amide bonds. The molecule has 0 aromatic heterocycles. The molecule has 1 heterocycles. The van der Waals surface area contributed by atoms with Crippen molar-refractivity contribution in [2.75, 3.05) is 23.7 Å². The molecule has 1 atom stereocenters. The summed E-state index contributed by atoms with van der Waals surface area (Å²) in [6, 6.07) is 14.6. The van der Waals surface area contributed by atoms with Gasteiger partial charge in [-0.3, -0.25) is 4.79 Å². The molecule has 152 valence electrons. The maximum Gasteiger partial charge on any atom is 0.343 e. The van der Waals surface area contributed by atoms with Crippen LogP contribution < -0.4 is 10.6 Å². The Morgan fingerprint density at radius 1 is 0.931 bits per heavy atom. The molecule has 0 radical (unpaired) electrons. The highest BCUT2D eigenvalue weighted by molar-refractivity contribution is 6.00. The van der Waals surface area contributed by atoms with Gasteiger partial charge in [0.25, 0.3) is 5.91 Å². The number of nitrogens with zero attached hydrogens (tertiary/aromatic N) is 1. The van der Waals surface area contributed by atoms with Gasteiger partial charge in [0.2, 0.25) is 5.67 Å². The second-order valence-electron chi connectivity index (χ2n) is 7.67. The zero-order valence-electron chi connectivity index (χ0n) is 16.1. The number of carbonyl (C=O) groups is 3. The van der Waals surface area contributed by atoms with Gasteiger partial charge in [0.15, 0.2) is 0 Å². The quantitative estimate of drug-likeness (QED) is 0.731. The third kappa shape index (κ3) is 4.06. The number of anilines is 2. The van der Waals surface area contributed by atoms with Crippen molar-refractivity contribution in [1.29, 1.82) is 0 Å². The molecule has 0 bridgehead atoms. The maximum absolute atomic E-state index is 14.9. The predicted octanol–water partition coefficient (Wildman–Crippen LogP) is 3.61. The average molecular weight is 399 g/mol. The van der Waals surface area contributed by atoms with Crippen LogP contribution in [0.1, 0.15) is 24.2 Å². The number of nitrogens with one attached hydrogen (secondary N) is 2. The molecule has 0 unspecified atom stereocenters. The van der Waals surface area contributed by atoms with E-state index in [0.29, 0.717) is 11.4 Å². The van der Waals surface area contributed by atoms with Crippen LogP contribution in [0.15, 0.2) is 54.6 Å². The highest BCUT2D eigenvalue weighted by atomic mass is 19.1. The number of amides is 3. The summed E-state index contributed by atoms with van der Waals surface area (Å²) in [5.74, 6) is -2.03. The van der Waals surface area contributed by atoms with Crippen molar-refractivity contribution >= 4 is 29.3 Å². The number of benzene rings is 2. The number of urea groups is 1. The SMILES string of the molecule is CC1(C)CN(C(=O)c2ccc(NC(=O)Nc3ccccc3)cc2)C[C@@]1(F)C(=O)O. The zero-order valence-corrected chi connectivity index (χ0v) is 16.1. The molecule has 0 spiro atoms. The molecule has 1 aliphatic heterocycles. The fraction of sp³-hybridized carbons (Fsp3) is 0.286. The van der Waals surface area contributed by atoms with Crippen molar-refractivity contribution in [3.63, 3.8) is 0 Å². The topological polar surface area (TPSA) is 98.7 Å². The van der Waals surface area contributed by atoms with Crippen LogP contribution in [-0.2, 0) is 4.79 Å².